The lowest BCUT2D eigenvalue weighted by Crippen LogP contribution is -2.38. The van der Waals surface area contributed by atoms with Gasteiger partial charge in [-0.05, 0) is 50.3 Å². The third-order valence-corrected chi connectivity index (χ3v) is 3.42. The molecule has 88 valence electrons. The minimum Gasteiger partial charge on any atom is -0.354 e. The lowest BCUT2D eigenvalue weighted by molar-refractivity contribution is 0.480. The molecule has 1 fully saturated rings. The predicted octanol–water partition coefficient (Wildman–Crippen LogP) is 2.23. The van der Waals surface area contributed by atoms with E-state index in [1.165, 1.54) is 24.8 Å². The zero-order valence-corrected chi connectivity index (χ0v) is 10.2. The van der Waals surface area contributed by atoms with Gasteiger partial charge < -0.3 is 10.6 Å². The van der Waals surface area contributed by atoms with Crippen LogP contribution in [0.2, 0.25) is 0 Å². The van der Waals surface area contributed by atoms with Crippen molar-refractivity contribution in [3.8, 4) is 0 Å². The highest BCUT2D eigenvalue weighted by atomic mass is 15.2. The first-order valence-corrected chi connectivity index (χ1v) is 6.14. The molecule has 16 heavy (non-hydrogen) atoms. The molecule has 1 aliphatic heterocycles. The van der Waals surface area contributed by atoms with Gasteiger partial charge in [-0.2, -0.15) is 0 Å². The zero-order chi connectivity index (χ0) is 11.5. The third kappa shape index (κ3) is 2.19. The molecule has 0 aliphatic carbocycles. The normalized spacial score (nSPS) is 21.2. The van der Waals surface area contributed by atoms with Crippen molar-refractivity contribution < 1.29 is 0 Å². The molecule has 2 rings (SSSR count). The van der Waals surface area contributed by atoms with Gasteiger partial charge in [0.05, 0.1) is 0 Å². The average molecular weight is 219 g/mol. The van der Waals surface area contributed by atoms with Crippen LogP contribution in [-0.4, -0.2) is 17.6 Å². The Balaban J connectivity index is 2.25. The minimum absolute atomic E-state index is 0.573. The molecule has 2 N–H and O–H groups in total. The van der Waals surface area contributed by atoms with E-state index >= 15 is 0 Å². The Morgan fingerprint density at radius 3 is 2.94 bits per heavy atom. The Morgan fingerprint density at radius 1 is 1.50 bits per heavy atom. The summed E-state index contributed by atoms with van der Waals surface area (Å²) in [5, 5.41) is 0. The quantitative estimate of drug-likeness (QED) is 0.829. The maximum absolute atomic E-state index is 5.62. The molecule has 1 aliphatic rings. The van der Waals surface area contributed by atoms with Gasteiger partial charge in [0, 0.05) is 25.3 Å². The van der Waals surface area contributed by atoms with Crippen molar-refractivity contribution in [2.24, 2.45) is 5.73 Å². The number of hydrogen-bond donors (Lipinski definition) is 1. The molecule has 0 bridgehead atoms. The molecular weight excluding hydrogens is 198 g/mol. The summed E-state index contributed by atoms with van der Waals surface area (Å²) < 4.78 is 0. The van der Waals surface area contributed by atoms with Crippen LogP contribution in [0.15, 0.2) is 12.3 Å². The van der Waals surface area contributed by atoms with Gasteiger partial charge >= 0.3 is 0 Å². The Kier molecular flexibility index (Phi) is 3.44. The topological polar surface area (TPSA) is 42.1 Å². The van der Waals surface area contributed by atoms with Crippen LogP contribution in [0.5, 0.6) is 0 Å². The first-order valence-electron chi connectivity index (χ1n) is 6.14. The van der Waals surface area contributed by atoms with E-state index in [0.717, 1.165) is 17.9 Å². The Hall–Kier alpha value is -1.09. The van der Waals surface area contributed by atoms with Crippen LogP contribution in [0.1, 0.15) is 37.3 Å². The molecule has 0 spiro atoms. The molecule has 1 saturated heterocycles. The van der Waals surface area contributed by atoms with Crippen molar-refractivity contribution in [2.75, 3.05) is 11.4 Å². The van der Waals surface area contributed by atoms with Crippen molar-refractivity contribution >= 4 is 5.82 Å². The van der Waals surface area contributed by atoms with Gasteiger partial charge in [-0.1, -0.05) is 0 Å². The van der Waals surface area contributed by atoms with Crippen LogP contribution in [0.25, 0.3) is 0 Å². The minimum atomic E-state index is 0.573. The average Bonchev–Trinajstić information content (AvgIpc) is 2.30. The first kappa shape index (κ1) is 11.4. The van der Waals surface area contributed by atoms with Crippen LogP contribution in [0.4, 0.5) is 5.82 Å². The van der Waals surface area contributed by atoms with E-state index in [4.69, 9.17) is 5.73 Å². The predicted molar refractivity (Wildman–Crippen MR) is 67.5 cm³/mol. The summed E-state index contributed by atoms with van der Waals surface area (Å²) >= 11 is 0. The number of nitrogens with two attached hydrogens (primary N) is 1. The fourth-order valence-corrected chi connectivity index (χ4v) is 2.45. The van der Waals surface area contributed by atoms with Gasteiger partial charge in [0.15, 0.2) is 0 Å². The fraction of sp³-hybridized carbons (Fsp3) is 0.615. The monoisotopic (exact) mass is 219 g/mol. The lowest BCUT2D eigenvalue weighted by Gasteiger charge is -2.35. The summed E-state index contributed by atoms with van der Waals surface area (Å²) in [6, 6.07) is 2.77. The van der Waals surface area contributed by atoms with Crippen LogP contribution >= 0.6 is 0 Å². The second-order valence-corrected chi connectivity index (χ2v) is 4.73. The molecule has 0 radical (unpaired) electrons. The number of piperidine rings is 1. The van der Waals surface area contributed by atoms with Crippen molar-refractivity contribution in [2.45, 2.75) is 45.7 Å². The van der Waals surface area contributed by atoms with Gasteiger partial charge in [0.1, 0.15) is 5.82 Å². The van der Waals surface area contributed by atoms with E-state index < -0.39 is 0 Å². The molecule has 0 amide bonds. The number of rotatable bonds is 2. The van der Waals surface area contributed by atoms with Gasteiger partial charge in [-0.3, -0.25) is 0 Å². The standard InChI is InChI=1S/C13H21N3/c1-10-7-12(8-14)9-15-13(10)16-6-4-3-5-11(16)2/h7,9,11H,3-6,8,14H2,1-2H3. The Bertz CT molecular complexity index is 362. The fourth-order valence-electron chi connectivity index (χ4n) is 2.45. The number of hydrogen-bond acceptors (Lipinski definition) is 3. The smallest absolute Gasteiger partial charge is 0.131 e. The first-order chi connectivity index (χ1) is 7.72. The van der Waals surface area contributed by atoms with Crippen LogP contribution < -0.4 is 10.6 Å². The van der Waals surface area contributed by atoms with Crippen LogP contribution in [0, 0.1) is 6.92 Å². The third-order valence-electron chi connectivity index (χ3n) is 3.42. The van der Waals surface area contributed by atoms with Gasteiger partial charge in [0.2, 0.25) is 0 Å². The van der Waals surface area contributed by atoms with E-state index in [2.05, 4.69) is 29.8 Å². The highest BCUT2D eigenvalue weighted by Crippen LogP contribution is 2.25. The molecule has 1 unspecified atom stereocenters. The van der Waals surface area contributed by atoms with Gasteiger partial charge in [-0.25, -0.2) is 4.98 Å². The summed E-state index contributed by atoms with van der Waals surface area (Å²) in [6.07, 6.45) is 5.81. The molecular formula is C13H21N3. The van der Waals surface area contributed by atoms with E-state index in [0.29, 0.717) is 12.6 Å². The maximum atomic E-state index is 5.62. The zero-order valence-electron chi connectivity index (χ0n) is 10.2. The maximum Gasteiger partial charge on any atom is 0.131 e. The molecule has 0 aromatic carbocycles. The van der Waals surface area contributed by atoms with Crippen LogP contribution in [0.3, 0.4) is 0 Å². The highest BCUT2D eigenvalue weighted by Gasteiger charge is 2.20. The number of anilines is 1. The Labute approximate surface area is 97.7 Å². The largest absolute Gasteiger partial charge is 0.354 e. The SMILES string of the molecule is Cc1cc(CN)cnc1N1CCCCC1C. The molecule has 2 heterocycles. The molecule has 0 saturated carbocycles. The number of pyridine rings is 1. The second kappa shape index (κ2) is 4.83. The molecule has 1 aromatic rings. The Morgan fingerprint density at radius 2 is 2.31 bits per heavy atom. The van der Waals surface area contributed by atoms with Crippen molar-refractivity contribution in [3.63, 3.8) is 0 Å². The van der Waals surface area contributed by atoms with E-state index in [-0.39, 0.29) is 0 Å². The lowest BCUT2D eigenvalue weighted by atomic mass is 10.0. The van der Waals surface area contributed by atoms with Crippen molar-refractivity contribution in [1.29, 1.82) is 0 Å². The molecule has 1 aromatic heterocycles. The summed E-state index contributed by atoms with van der Waals surface area (Å²) in [4.78, 5) is 7.00. The van der Waals surface area contributed by atoms with E-state index in [1.54, 1.807) is 0 Å². The molecule has 1 atom stereocenters. The summed E-state index contributed by atoms with van der Waals surface area (Å²) in [5.74, 6) is 1.14. The summed E-state index contributed by atoms with van der Waals surface area (Å²) in [5.41, 5.74) is 7.98. The summed E-state index contributed by atoms with van der Waals surface area (Å²) in [7, 11) is 0. The van der Waals surface area contributed by atoms with Gasteiger partial charge in [0.25, 0.3) is 0 Å². The van der Waals surface area contributed by atoms with Crippen molar-refractivity contribution in [3.05, 3.63) is 23.4 Å². The van der Waals surface area contributed by atoms with Gasteiger partial charge in [-0.15, -0.1) is 0 Å². The second-order valence-electron chi connectivity index (χ2n) is 4.73. The van der Waals surface area contributed by atoms with E-state index in [1.807, 2.05) is 6.20 Å². The number of aromatic nitrogens is 1. The van der Waals surface area contributed by atoms with Crippen molar-refractivity contribution in [1.82, 2.24) is 4.98 Å². The summed E-state index contributed by atoms with van der Waals surface area (Å²) in [6.45, 7) is 6.13. The molecule has 3 heteroatoms. The van der Waals surface area contributed by atoms with E-state index in [9.17, 15) is 0 Å². The highest BCUT2D eigenvalue weighted by molar-refractivity contribution is 5.48. The number of aryl methyl sites for hydroxylation is 1. The van der Waals surface area contributed by atoms with Crippen LogP contribution in [-0.2, 0) is 6.54 Å². The number of nitrogens with zero attached hydrogens (tertiary/aromatic N) is 2. The molecule has 3 nitrogen and oxygen atoms in total.